The molecular weight excluding hydrogens is 398 g/mol. The first-order chi connectivity index (χ1) is 15.3. The second kappa shape index (κ2) is 10.7. The molecule has 0 spiro atoms. The third-order valence-electron chi connectivity index (χ3n) is 5.30. The summed E-state index contributed by atoms with van der Waals surface area (Å²) in [5, 5.41) is 5.98. The van der Waals surface area contributed by atoms with Crippen molar-refractivity contribution in [3.05, 3.63) is 94.5 Å². The largest absolute Gasteiger partial charge is 0.325 e. The van der Waals surface area contributed by atoms with Gasteiger partial charge in [-0.25, -0.2) is 0 Å². The molecule has 5 heteroatoms. The van der Waals surface area contributed by atoms with Gasteiger partial charge in [0.25, 0.3) is 0 Å². The van der Waals surface area contributed by atoms with E-state index in [0.717, 1.165) is 34.5 Å². The summed E-state index contributed by atoms with van der Waals surface area (Å²) in [6, 6.07) is 22.1. The van der Waals surface area contributed by atoms with Crippen molar-refractivity contribution in [1.82, 2.24) is 4.90 Å². The zero-order chi connectivity index (χ0) is 23.1. The van der Waals surface area contributed by atoms with Gasteiger partial charge in [-0.05, 0) is 62.6 Å². The molecule has 0 aliphatic carbocycles. The first-order valence-corrected chi connectivity index (χ1v) is 10.8. The van der Waals surface area contributed by atoms with Crippen LogP contribution in [-0.4, -0.2) is 36.9 Å². The Balaban J connectivity index is 1.56. The van der Waals surface area contributed by atoms with Crippen molar-refractivity contribution in [1.29, 1.82) is 0 Å². The van der Waals surface area contributed by atoms with Gasteiger partial charge in [-0.2, -0.15) is 0 Å². The monoisotopic (exact) mass is 429 g/mol. The fourth-order valence-electron chi connectivity index (χ4n) is 3.90. The lowest BCUT2D eigenvalue weighted by Crippen LogP contribution is -2.36. The summed E-state index contributed by atoms with van der Waals surface area (Å²) in [5.41, 5.74) is 7.11. The van der Waals surface area contributed by atoms with Gasteiger partial charge in [0.15, 0.2) is 0 Å². The summed E-state index contributed by atoms with van der Waals surface area (Å²) in [7, 11) is 1.77. The summed E-state index contributed by atoms with van der Waals surface area (Å²) >= 11 is 0. The Morgan fingerprint density at radius 2 is 1.34 bits per heavy atom. The van der Waals surface area contributed by atoms with Crippen molar-refractivity contribution in [3.63, 3.8) is 0 Å². The lowest BCUT2D eigenvalue weighted by Gasteiger charge is -2.18. The van der Waals surface area contributed by atoms with E-state index in [0.29, 0.717) is 0 Å². The molecule has 0 heterocycles. The summed E-state index contributed by atoms with van der Waals surface area (Å²) in [6.07, 6.45) is 0.741. The number of hydrogen-bond donors (Lipinski definition) is 2. The maximum atomic E-state index is 12.6. The first-order valence-electron chi connectivity index (χ1n) is 10.8. The van der Waals surface area contributed by atoms with E-state index in [9.17, 15) is 9.59 Å². The Hall–Kier alpha value is -3.44. The Labute approximate surface area is 190 Å². The van der Waals surface area contributed by atoms with Crippen LogP contribution in [0.4, 0.5) is 11.4 Å². The Kier molecular flexibility index (Phi) is 7.79. The van der Waals surface area contributed by atoms with E-state index in [2.05, 4.69) is 22.8 Å². The summed E-state index contributed by atoms with van der Waals surface area (Å²) in [5.74, 6) is -0.289. The summed E-state index contributed by atoms with van der Waals surface area (Å²) in [6.45, 7) is 6.26. The number of aryl methyl sites for hydroxylation is 3. The average Bonchev–Trinajstić information content (AvgIpc) is 2.72. The molecule has 5 nitrogen and oxygen atoms in total. The highest BCUT2D eigenvalue weighted by Crippen LogP contribution is 2.22. The minimum Gasteiger partial charge on any atom is -0.325 e. The van der Waals surface area contributed by atoms with Gasteiger partial charge in [0.1, 0.15) is 0 Å². The predicted molar refractivity (Wildman–Crippen MR) is 131 cm³/mol. The molecule has 2 N–H and O–H groups in total. The van der Waals surface area contributed by atoms with Crippen molar-refractivity contribution >= 4 is 23.2 Å². The van der Waals surface area contributed by atoms with E-state index >= 15 is 0 Å². The van der Waals surface area contributed by atoms with E-state index in [1.54, 1.807) is 11.9 Å². The van der Waals surface area contributed by atoms with E-state index in [1.165, 1.54) is 11.1 Å². The number of benzene rings is 3. The summed E-state index contributed by atoms with van der Waals surface area (Å²) < 4.78 is 0. The number of hydrogen-bond acceptors (Lipinski definition) is 3. The molecule has 0 aromatic heterocycles. The maximum absolute atomic E-state index is 12.6. The Morgan fingerprint density at radius 3 is 2.00 bits per heavy atom. The standard InChI is InChI=1S/C27H31N3O2/c1-19-14-20(2)27(21(3)15-19)29-26(32)18-30(4)17-25(31)28-24-13-9-8-12-23(24)16-22-10-6-5-7-11-22/h5-15H,16-18H2,1-4H3,(H,28,31)(H,29,32). The molecule has 3 aromatic carbocycles. The minimum absolute atomic E-state index is 0.124. The molecular formula is C27H31N3O2. The molecule has 0 saturated heterocycles. The number of anilines is 2. The number of amides is 2. The van der Waals surface area contributed by atoms with Crippen LogP contribution < -0.4 is 10.6 Å². The quantitative estimate of drug-likeness (QED) is 0.545. The van der Waals surface area contributed by atoms with Gasteiger partial charge in [-0.15, -0.1) is 0 Å². The fourth-order valence-corrected chi connectivity index (χ4v) is 3.90. The molecule has 0 atom stereocenters. The lowest BCUT2D eigenvalue weighted by molar-refractivity contribution is -0.119. The number of carbonyl (C=O) groups is 2. The maximum Gasteiger partial charge on any atom is 0.238 e. The minimum atomic E-state index is -0.150. The number of nitrogens with zero attached hydrogens (tertiary/aromatic N) is 1. The van der Waals surface area contributed by atoms with Crippen LogP contribution in [0.5, 0.6) is 0 Å². The van der Waals surface area contributed by atoms with Crippen LogP contribution >= 0.6 is 0 Å². The number of carbonyl (C=O) groups excluding carboxylic acids is 2. The van der Waals surface area contributed by atoms with Crippen LogP contribution in [0.3, 0.4) is 0 Å². The van der Waals surface area contributed by atoms with Crippen molar-refractivity contribution in [3.8, 4) is 0 Å². The van der Waals surface area contributed by atoms with Gasteiger partial charge in [0, 0.05) is 11.4 Å². The molecule has 0 aliphatic rings. The molecule has 166 valence electrons. The van der Waals surface area contributed by atoms with Crippen LogP contribution in [0.2, 0.25) is 0 Å². The zero-order valence-corrected chi connectivity index (χ0v) is 19.2. The van der Waals surface area contributed by atoms with E-state index < -0.39 is 0 Å². The zero-order valence-electron chi connectivity index (χ0n) is 19.2. The second-order valence-corrected chi connectivity index (χ2v) is 8.36. The molecule has 3 rings (SSSR count). The highest BCUT2D eigenvalue weighted by atomic mass is 16.2. The number of likely N-dealkylation sites (N-methyl/N-ethyl adjacent to an activating group) is 1. The third-order valence-corrected chi connectivity index (χ3v) is 5.30. The molecule has 0 fully saturated rings. The molecule has 0 radical (unpaired) electrons. The molecule has 32 heavy (non-hydrogen) atoms. The number of para-hydroxylation sites is 1. The number of nitrogens with one attached hydrogen (secondary N) is 2. The predicted octanol–water partition coefficient (Wildman–Crippen LogP) is 4.71. The van der Waals surface area contributed by atoms with E-state index in [4.69, 9.17) is 0 Å². The van der Waals surface area contributed by atoms with Gasteiger partial charge in [0.05, 0.1) is 13.1 Å². The van der Waals surface area contributed by atoms with Gasteiger partial charge < -0.3 is 10.6 Å². The molecule has 0 unspecified atom stereocenters. The second-order valence-electron chi connectivity index (χ2n) is 8.36. The van der Waals surface area contributed by atoms with Crippen LogP contribution in [-0.2, 0) is 16.0 Å². The molecule has 0 bridgehead atoms. The molecule has 0 aliphatic heterocycles. The first kappa shape index (κ1) is 23.2. The third kappa shape index (κ3) is 6.53. The topological polar surface area (TPSA) is 61.4 Å². The summed E-state index contributed by atoms with van der Waals surface area (Å²) in [4.78, 5) is 26.9. The molecule has 2 amide bonds. The van der Waals surface area contributed by atoms with Gasteiger partial charge >= 0.3 is 0 Å². The lowest BCUT2D eigenvalue weighted by atomic mass is 10.0. The van der Waals surface area contributed by atoms with Gasteiger partial charge in [0.2, 0.25) is 11.8 Å². The van der Waals surface area contributed by atoms with Crippen molar-refractivity contribution in [2.75, 3.05) is 30.8 Å². The van der Waals surface area contributed by atoms with Crippen molar-refractivity contribution in [2.24, 2.45) is 0 Å². The van der Waals surface area contributed by atoms with Crippen LogP contribution in [0.15, 0.2) is 66.7 Å². The normalized spacial score (nSPS) is 10.8. The Morgan fingerprint density at radius 1 is 0.781 bits per heavy atom. The molecule has 0 saturated carbocycles. The molecule has 3 aromatic rings. The van der Waals surface area contributed by atoms with E-state index in [1.807, 2.05) is 75.4 Å². The highest BCUT2D eigenvalue weighted by Gasteiger charge is 2.14. The van der Waals surface area contributed by atoms with Crippen LogP contribution in [0.1, 0.15) is 27.8 Å². The fraction of sp³-hybridized carbons (Fsp3) is 0.259. The average molecular weight is 430 g/mol. The SMILES string of the molecule is Cc1cc(C)c(NC(=O)CN(C)CC(=O)Nc2ccccc2Cc2ccccc2)c(C)c1. The van der Waals surface area contributed by atoms with E-state index in [-0.39, 0.29) is 24.9 Å². The Bertz CT molecular complexity index is 1070. The van der Waals surface area contributed by atoms with Gasteiger partial charge in [-0.1, -0.05) is 66.2 Å². The van der Waals surface area contributed by atoms with Gasteiger partial charge in [-0.3, -0.25) is 14.5 Å². The van der Waals surface area contributed by atoms with Crippen LogP contribution in [0.25, 0.3) is 0 Å². The smallest absolute Gasteiger partial charge is 0.238 e. The van der Waals surface area contributed by atoms with Crippen molar-refractivity contribution in [2.45, 2.75) is 27.2 Å². The van der Waals surface area contributed by atoms with Crippen molar-refractivity contribution < 1.29 is 9.59 Å². The van der Waals surface area contributed by atoms with Crippen LogP contribution in [0, 0.1) is 20.8 Å². The number of rotatable bonds is 8. The highest BCUT2D eigenvalue weighted by molar-refractivity contribution is 5.95.